The highest BCUT2D eigenvalue weighted by atomic mass is 19.2. The van der Waals surface area contributed by atoms with Crippen molar-refractivity contribution in [3.8, 4) is 11.3 Å². The summed E-state index contributed by atoms with van der Waals surface area (Å²) in [6, 6.07) is 5.30. The van der Waals surface area contributed by atoms with Crippen LogP contribution in [0.15, 0.2) is 42.7 Å². The Morgan fingerprint density at radius 1 is 1.15 bits per heavy atom. The summed E-state index contributed by atoms with van der Waals surface area (Å²) in [4.78, 5) is 17.6. The number of aromatic nitrogens is 4. The van der Waals surface area contributed by atoms with Crippen molar-refractivity contribution in [2.45, 2.75) is 63.9 Å². The number of aliphatic hydroxyl groups is 3. The number of nitrogens with zero attached hydrogens (tertiary/aromatic N) is 4. The van der Waals surface area contributed by atoms with Crippen LogP contribution in [0.1, 0.15) is 32.5 Å². The van der Waals surface area contributed by atoms with Crippen molar-refractivity contribution in [3.63, 3.8) is 0 Å². The molecule has 4 rings (SSSR count). The fourth-order valence-electron chi connectivity index (χ4n) is 4.36. The van der Waals surface area contributed by atoms with Crippen LogP contribution in [-0.4, -0.2) is 78.2 Å². The average molecular weight is 551 g/mol. The van der Waals surface area contributed by atoms with Crippen LogP contribution < -0.4 is 0 Å². The molecule has 2 unspecified atom stereocenters. The number of hydrogen-bond acceptors (Lipinski definition) is 9. The van der Waals surface area contributed by atoms with Gasteiger partial charge in [-0.05, 0) is 24.3 Å². The highest BCUT2D eigenvalue weighted by Gasteiger charge is 2.51. The van der Waals surface area contributed by atoms with Crippen molar-refractivity contribution in [1.29, 1.82) is 0 Å². The first-order chi connectivity index (χ1) is 18.4. The number of rotatable bonds is 8. The van der Waals surface area contributed by atoms with Crippen molar-refractivity contribution in [2.75, 3.05) is 6.61 Å². The Morgan fingerprint density at radius 3 is 2.44 bits per heavy atom. The molecule has 2 aromatic heterocycles. The molecule has 0 spiro atoms. The molecular formula is C26H29F3N4O6. The van der Waals surface area contributed by atoms with Crippen LogP contribution >= 0.6 is 0 Å². The first-order valence-electron chi connectivity index (χ1n) is 12.2. The van der Waals surface area contributed by atoms with Crippen LogP contribution in [-0.2, 0) is 20.9 Å². The lowest BCUT2D eigenvalue weighted by atomic mass is 9.81. The van der Waals surface area contributed by atoms with Gasteiger partial charge in [0.05, 0.1) is 25.1 Å². The van der Waals surface area contributed by atoms with E-state index in [1.807, 2.05) is 0 Å². The molecule has 3 N–H and O–H groups in total. The summed E-state index contributed by atoms with van der Waals surface area (Å²) in [6.07, 6.45) is -4.35. The summed E-state index contributed by atoms with van der Waals surface area (Å²) in [6.45, 7) is 4.24. The topological polar surface area (TPSA) is 140 Å². The third-order valence-corrected chi connectivity index (χ3v) is 6.46. The molecule has 6 atom stereocenters. The zero-order valence-corrected chi connectivity index (χ0v) is 21.4. The van der Waals surface area contributed by atoms with Gasteiger partial charge in [0.2, 0.25) is 0 Å². The van der Waals surface area contributed by atoms with Gasteiger partial charge in [-0.1, -0.05) is 32.1 Å². The molecule has 3 heterocycles. The number of benzene rings is 1. The van der Waals surface area contributed by atoms with Crippen LogP contribution in [0.2, 0.25) is 0 Å². The Labute approximate surface area is 222 Å². The molecule has 1 aliphatic rings. The molecule has 1 aromatic carbocycles. The summed E-state index contributed by atoms with van der Waals surface area (Å²) >= 11 is 0. The molecule has 210 valence electrons. The van der Waals surface area contributed by atoms with E-state index >= 15 is 0 Å². The van der Waals surface area contributed by atoms with E-state index in [1.165, 1.54) is 6.20 Å². The van der Waals surface area contributed by atoms with Gasteiger partial charge < -0.3 is 24.8 Å². The lowest BCUT2D eigenvalue weighted by molar-refractivity contribution is -0.236. The molecule has 3 aromatic rings. The van der Waals surface area contributed by atoms with Gasteiger partial charge in [0.15, 0.2) is 23.2 Å². The molecule has 13 heteroatoms. The number of ether oxygens (including phenoxy) is 2. The Hall–Kier alpha value is -3.23. The average Bonchev–Trinajstić information content (AvgIpc) is 3.38. The smallest absolute Gasteiger partial charge is 0.194 e. The van der Waals surface area contributed by atoms with E-state index in [0.717, 1.165) is 16.8 Å². The van der Waals surface area contributed by atoms with Crippen molar-refractivity contribution >= 4 is 5.78 Å². The molecule has 0 bridgehead atoms. The van der Waals surface area contributed by atoms with Crippen LogP contribution in [0.4, 0.5) is 13.2 Å². The van der Waals surface area contributed by atoms with Crippen molar-refractivity contribution in [2.24, 2.45) is 5.41 Å². The largest absolute Gasteiger partial charge is 0.394 e. The third-order valence-electron chi connectivity index (χ3n) is 6.46. The summed E-state index contributed by atoms with van der Waals surface area (Å²) in [5, 5.41) is 39.9. The molecule has 0 saturated carbocycles. The molecule has 1 saturated heterocycles. The maximum atomic E-state index is 13.8. The molecule has 0 aliphatic carbocycles. The van der Waals surface area contributed by atoms with E-state index in [4.69, 9.17) is 9.47 Å². The lowest BCUT2D eigenvalue weighted by Crippen LogP contribution is -2.61. The number of carbonyl (C=O) groups excluding carboxylic acids is 1. The standard InChI is InChI=1S/C26H29F3N4O6/c1-26(2,3)25(37)24(38-12-14-6-4-5-7-30-14)23-22(36)20(21(35)18(11-34)39-23)33-10-17(31-32-33)13-8-15(27)19(29)16(28)9-13/h4-10,18,20-24,34-36H,11-12H2,1-3H3/t18?,20-,21-,22?,23+,24-/m0/s1. The van der Waals surface area contributed by atoms with Crippen molar-refractivity contribution in [3.05, 3.63) is 65.9 Å². The maximum Gasteiger partial charge on any atom is 0.194 e. The fraction of sp³-hybridized carbons (Fsp3) is 0.462. The van der Waals surface area contributed by atoms with Crippen LogP contribution in [0.25, 0.3) is 11.3 Å². The molecule has 1 aliphatic heterocycles. The number of Topliss-reactive ketones (excluding diaryl/α,β-unsaturated/α-hetero) is 1. The van der Waals surface area contributed by atoms with Gasteiger partial charge in [-0.2, -0.15) is 0 Å². The van der Waals surface area contributed by atoms with E-state index < -0.39 is 71.8 Å². The monoisotopic (exact) mass is 550 g/mol. The predicted molar refractivity (Wildman–Crippen MR) is 129 cm³/mol. The van der Waals surface area contributed by atoms with Crippen LogP contribution in [0, 0.1) is 22.9 Å². The summed E-state index contributed by atoms with van der Waals surface area (Å²) in [5.41, 5.74) is -0.618. The van der Waals surface area contributed by atoms with Crippen LogP contribution in [0.3, 0.4) is 0 Å². The first kappa shape index (κ1) is 28.8. The lowest BCUT2D eigenvalue weighted by Gasteiger charge is -2.45. The van der Waals surface area contributed by atoms with E-state index in [-0.39, 0.29) is 17.9 Å². The molecule has 39 heavy (non-hydrogen) atoms. The molecule has 1 fully saturated rings. The van der Waals surface area contributed by atoms with E-state index in [2.05, 4.69) is 15.3 Å². The number of carbonyl (C=O) groups is 1. The first-order valence-corrected chi connectivity index (χ1v) is 12.2. The van der Waals surface area contributed by atoms with Gasteiger partial charge in [0.25, 0.3) is 0 Å². The van der Waals surface area contributed by atoms with Crippen molar-refractivity contribution < 1.29 is 42.8 Å². The Bertz CT molecular complexity index is 1280. The second kappa shape index (κ2) is 11.5. The minimum Gasteiger partial charge on any atom is -0.394 e. The number of pyridine rings is 1. The van der Waals surface area contributed by atoms with Crippen LogP contribution in [0.5, 0.6) is 0 Å². The second-order valence-corrected chi connectivity index (χ2v) is 10.3. The Balaban J connectivity index is 1.68. The van der Waals surface area contributed by atoms with Gasteiger partial charge in [-0.25, -0.2) is 17.9 Å². The molecule has 10 nitrogen and oxygen atoms in total. The van der Waals surface area contributed by atoms with Crippen molar-refractivity contribution in [1.82, 2.24) is 20.0 Å². The number of aliphatic hydroxyl groups excluding tert-OH is 3. The van der Waals surface area contributed by atoms with E-state index in [1.54, 1.807) is 45.2 Å². The summed E-state index contributed by atoms with van der Waals surface area (Å²) in [7, 11) is 0. The highest BCUT2D eigenvalue weighted by Crippen LogP contribution is 2.35. The minimum absolute atomic E-state index is 0.0792. The van der Waals surface area contributed by atoms with Gasteiger partial charge in [-0.15, -0.1) is 5.10 Å². The van der Waals surface area contributed by atoms with Gasteiger partial charge in [0.1, 0.15) is 42.3 Å². The molecular weight excluding hydrogens is 521 g/mol. The number of hydrogen-bond donors (Lipinski definition) is 3. The van der Waals surface area contributed by atoms with Gasteiger partial charge in [-0.3, -0.25) is 9.78 Å². The van der Waals surface area contributed by atoms with Gasteiger partial charge >= 0.3 is 0 Å². The fourth-order valence-corrected chi connectivity index (χ4v) is 4.36. The van der Waals surface area contributed by atoms with Gasteiger partial charge in [0, 0.05) is 17.2 Å². The Morgan fingerprint density at radius 2 is 1.85 bits per heavy atom. The third kappa shape index (κ3) is 6.02. The predicted octanol–water partition coefficient (Wildman–Crippen LogP) is 1.98. The Kier molecular flexibility index (Phi) is 8.47. The minimum atomic E-state index is -1.64. The summed E-state index contributed by atoms with van der Waals surface area (Å²) in [5.74, 6) is -4.92. The number of halogens is 3. The molecule has 0 amide bonds. The zero-order valence-electron chi connectivity index (χ0n) is 21.4. The normalized spacial score (nSPS) is 24.5. The van der Waals surface area contributed by atoms with E-state index in [0.29, 0.717) is 5.69 Å². The quantitative estimate of drug-likeness (QED) is 0.359. The SMILES string of the molecule is CC(C)(C)C(=O)[C@@H](OCc1ccccn1)[C@@H]1OC(CO)[C@H](O)[C@H](n2cc(-c3cc(F)c(F)c(F)c3)nn2)C1O. The second-order valence-electron chi connectivity index (χ2n) is 10.3. The number of ketones is 1. The highest BCUT2D eigenvalue weighted by molar-refractivity contribution is 5.88. The maximum absolute atomic E-state index is 13.8. The molecule has 0 radical (unpaired) electrons. The zero-order chi connectivity index (χ0) is 28.5. The van der Waals surface area contributed by atoms with E-state index in [9.17, 15) is 33.3 Å². The summed E-state index contributed by atoms with van der Waals surface area (Å²) < 4.78 is 53.7.